The third-order valence-corrected chi connectivity index (χ3v) is 2.99. The van der Waals surface area contributed by atoms with Gasteiger partial charge >= 0.3 is 10.1 Å². The molecule has 0 atom stereocenters. The van der Waals surface area contributed by atoms with Crippen LogP contribution in [0.15, 0.2) is 0 Å². The molecule has 2 N–H and O–H groups in total. The molecule has 7 heteroatoms. The molecule has 1 heterocycles. The molecule has 0 aliphatic carbocycles. The molecular weight excluding hydrogens is 220 g/mol. The van der Waals surface area contributed by atoms with E-state index in [4.69, 9.17) is 9.66 Å². The number of rotatable bonds is 5. The van der Waals surface area contributed by atoms with Crippen molar-refractivity contribution in [3.05, 3.63) is 5.75 Å². The molecule has 1 saturated heterocycles. The van der Waals surface area contributed by atoms with Crippen LogP contribution >= 0.6 is 0 Å². The van der Waals surface area contributed by atoms with Crippen LogP contribution in [0.1, 0.15) is 0 Å². The lowest BCUT2D eigenvalue weighted by Gasteiger charge is -2.32. The van der Waals surface area contributed by atoms with E-state index < -0.39 is 10.1 Å². The van der Waals surface area contributed by atoms with Crippen molar-refractivity contribution >= 4 is 10.1 Å². The van der Waals surface area contributed by atoms with Gasteiger partial charge in [0.05, 0.1) is 6.61 Å². The standard InChI is InChI=1S/C8H16N2O4S/c11-7-5-9-1-3-10(4-2-9)6-8-15(12,13)14/h8,11H,1-7H2/p+1. The van der Waals surface area contributed by atoms with E-state index in [-0.39, 0.29) is 13.2 Å². The second-order valence-corrected chi connectivity index (χ2v) is 4.91. The first-order valence-electron chi connectivity index (χ1n) is 4.87. The smallest absolute Gasteiger partial charge is 0.395 e. The molecule has 0 bridgehead atoms. The van der Waals surface area contributed by atoms with E-state index in [0.717, 1.165) is 31.9 Å². The number of aliphatic hydroxyl groups excluding tert-OH is 1. The monoisotopic (exact) mass is 237 g/mol. The molecule has 1 aliphatic heterocycles. The Morgan fingerprint density at radius 2 is 1.67 bits per heavy atom. The molecule has 0 aromatic carbocycles. The Morgan fingerprint density at radius 3 is 2.13 bits per heavy atom. The van der Waals surface area contributed by atoms with Crippen molar-refractivity contribution in [1.29, 1.82) is 0 Å². The van der Waals surface area contributed by atoms with Crippen molar-refractivity contribution in [1.82, 2.24) is 9.80 Å². The van der Waals surface area contributed by atoms with Crippen LogP contribution in [0.4, 0.5) is 0 Å². The largest absolute Gasteiger partial charge is 0.423 e. The van der Waals surface area contributed by atoms with E-state index in [1.54, 1.807) is 0 Å². The lowest BCUT2D eigenvalue weighted by Crippen LogP contribution is -2.47. The van der Waals surface area contributed by atoms with Gasteiger partial charge in [-0.25, -0.2) is 0 Å². The zero-order valence-electron chi connectivity index (χ0n) is 8.54. The van der Waals surface area contributed by atoms with E-state index in [1.165, 1.54) is 0 Å². The molecule has 0 amide bonds. The lowest BCUT2D eigenvalue weighted by atomic mass is 10.3. The summed E-state index contributed by atoms with van der Waals surface area (Å²) in [4.78, 5) is 4.06. The maximum atomic E-state index is 10.5. The summed E-state index contributed by atoms with van der Waals surface area (Å²) in [6.45, 7) is 4.22. The number of aliphatic hydroxyl groups is 1. The first kappa shape index (κ1) is 12.7. The molecule has 0 radical (unpaired) electrons. The number of hydrogen-bond donors (Lipinski definition) is 2. The average molecular weight is 237 g/mol. The molecule has 1 aliphatic rings. The van der Waals surface area contributed by atoms with Crippen LogP contribution in [0.3, 0.4) is 0 Å². The lowest BCUT2D eigenvalue weighted by molar-refractivity contribution is 0.119. The van der Waals surface area contributed by atoms with Crippen molar-refractivity contribution in [3.8, 4) is 0 Å². The molecule has 0 aromatic heterocycles. The van der Waals surface area contributed by atoms with Gasteiger partial charge in [-0.1, -0.05) is 0 Å². The Kier molecular flexibility index (Phi) is 4.81. The Hall–Kier alpha value is -0.340. The number of β-amino-alcohol motifs (C(OH)–C–C–N with tert-alkyl or cyclic N) is 1. The molecule has 0 aromatic rings. The topological polar surface area (TPSA) is 81.1 Å². The summed E-state index contributed by atoms with van der Waals surface area (Å²) in [7, 11) is -3.97. The van der Waals surface area contributed by atoms with Crippen LogP contribution in [0.2, 0.25) is 0 Å². The minimum atomic E-state index is -3.97. The van der Waals surface area contributed by atoms with Gasteiger partial charge in [0, 0.05) is 32.7 Å². The zero-order chi connectivity index (χ0) is 11.3. The summed E-state index contributed by atoms with van der Waals surface area (Å²) in [5.74, 6) is 0.911. The van der Waals surface area contributed by atoms with Crippen LogP contribution in [-0.2, 0) is 10.1 Å². The summed E-state index contributed by atoms with van der Waals surface area (Å²) in [5.41, 5.74) is 0. The number of hydrogen-bond acceptors (Lipinski definition) is 5. The third kappa shape index (κ3) is 5.33. The minimum Gasteiger partial charge on any atom is -0.395 e. The molecule has 88 valence electrons. The van der Waals surface area contributed by atoms with Gasteiger partial charge in [0.15, 0.2) is 6.54 Å². The highest BCUT2D eigenvalue weighted by atomic mass is 32.2. The second kappa shape index (κ2) is 5.66. The highest BCUT2D eigenvalue weighted by molar-refractivity contribution is 7.87. The first-order valence-corrected chi connectivity index (χ1v) is 6.38. The van der Waals surface area contributed by atoms with E-state index in [1.807, 2.05) is 4.90 Å². The van der Waals surface area contributed by atoms with Crippen LogP contribution < -0.4 is 0 Å². The van der Waals surface area contributed by atoms with E-state index in [0.29, 0.717) is 6.54 Å². The summed E-state index contributed by atoms with van der Waals surface area (Å²) in [5, 5.41) is 8.72. The van der Waals surface area contributed by atoms with Gasteiger partial charge in [0.25, 0.3) is 0 Å². The Balaban J connectivity index is 2.20. The van der Waals surface area contributed by atoms with E-state index >= 15 is 0 Å². The van der Waals surface area contributed by atoms with E-state index in [9.17, 15) is 8.42 Å². The molecular formula is C8H17N2O4S+. The predicted octanol–water partition coefficient (Wildman–Crippen LogP) is -1.35. The maximum Gasteiger partial charge on any atom is 0.423 e. The van der Waals surface area contributed by atoms with E-state index in [2.05, 4.69) is 4.90 Å². The summed E-state index contributed by atoms with van der Waals surface area (Å²) in [6.07, 6.45) is 0. The van der Waals surface area contributed by atoms with Crippen LogP contribution in [0, 0.1) is 5.75 Å². The Labute approximate surface area is 90.2 Å². The summed E-state index contributed by atoms with van der Waals surface area (Å²) in [6, 6.07) is 0. The van der Waals surface area contributed by atoms with Crippen LogP contribution in [0.25, 0.3) is 0 Å². The fourth-order valence-electron chi connectivity index (χ4n) is 1.54. The fraction of sp³-hybridized carbons (Fsp3) is 0.875. The normalized spacial score (nSPS) is 20.4. The van der Waals surface area contributed by atoms with Gasteiger partial charge in [0.1, 0.15) is 0 Å². The predicted molar refractivity (Wildman–Crippen MR) is 55.8 cm³/mol. The molecule has 0 unspecified atom stereocenters. The number of piperazine rings is 1. The molecule has 0 spiro atoms. The molecule has 1 rings (SSSR count). The average Bonchev–Trinajstić information content (AvgIpc) is 2.16. The first-order chi connectivity index (χ1) is 7.01. The third-order valence-electron chi connectivity index (χ3n) is 2.42. The molecule has 6 nitrogen and oxygen atoms in total. The molecule has 1 fully saturated rings. The van der Waals surface area contributed by atoms with Crippen molar-refractivity contribution in [2.75, 3.05) is 45.9 Å². The molecule has 0 saturated carbocycles. The van der Waals surface area contributed by atoms with Gasteiger partial charge in [-0.2, -0.15) is 8.42 Å². The fourth-order valence-corrected chi connectivity index (χ4v) is 1.94. The van der Waals surface area contributed by atoms with Gasteiger partial charge in [-0.3, -0.25) is 14.4 Å². The maximum absolute atomic E-state index is 10.5. The summed E-state index contributed by atoms with van der Waals surface area (Å²) >= 11 is 0. The summed E-state index contributed by atoms with van der Waals surface area (Å²) < 4.78 is 29.5. The van der Waals surface area contributed by atoms with Crippen molar-refractivity contribution < 1.29 is 18.1 Å². The van der Waals surface area contributed by atoms with Gasteiger partial charge in [0.2, 0.25) is 5.75 Å². The Morgan fingerprint density at radius 1 is 1.13 bits per heavy atom. The second-order valence-electron chi connectivity index (χ2n) is 3.55. The van der Waals surface area contributed by atoms with Crippen LogP contribution in [-0.4, -0.2) is 73.8 Å². The van der Waals surface area contributed by atoms with Gasteiger partial charge < -0.3 is 5.11 Å². The van der Waals surface area contributed by atoms with Gasteiger partial charge in [-0.05, 0) is 0 Å². The SMILES string of the molecule is O=S(=O)(O)[CH+]CN1CCN(CCO)CC1. The highest BCUT2D eigenvalue weighted by Gasteiger charge is 2.23. The van der Waals surface area contributed by atoms with Crippen LogP contribution in [0.5, 0.6) is 0 Å². The number of nitrogens with zero attached hydrogens (tertiary/aromatic N) is 2. The molecule has 15 heavy (non-hydrogen) atoms. The minimum absolute atomic E-state index is 0.150. The van der Waals surface area contributed by atoms with Crippen molar-refractivity contribution in [2.24, 2.45) is 0 Å². The Bertz CT molecular complexity index is 272. The highest BCUT2D eigenvalue weighted by Crippen LogP contribution is 2.03. The van der Waals surface area contributed by atoms with Crippen molar-refractivity contribution in [2.45, 2.75) is 0 Å². The zero-order valence-corrected chi connectivity index (χ0v) is 9.36. The quantitative estimate of drug-likeness (QED) is 0.454. The van der Waals surface area contributed by atoms with Crippen molar-refractivity contribution in [3.63, 3.8) is 0 Å². The van der Waals surface area contributed by atoms with Gasteiger partial charge in [-0.15, -0.1) is 0 Å².